The Bertz CT molecular complexity index is 1490. The van der Waals surface area contributed by atoms with Gasteiger partial charge in [0.25, 0.3) is 0 Å². The molecule has 4 rings (SSSR count). The quantitative estimate of drug-likeness (QED) is 0.0659. The van der Waals surface area contributed by atoms with Crippen molar-refractivity contribution in [1.82, 2.24) is 0 Å². The van der Waals surface area contributed by atoms with Gasteiger partial charge in [0.15, 0.2) is 14.4 Å². The molecule has 0 spiro atoms. The van der Waals surface area contributed by atoms with Gasteiger partial charge in [0.1, 0.15) is 6.10 Å². The molecule has 0 aromatic heterocycles. The summed E-state index contributed by atoms with van der Waals surface area (Å²) in [7, 11) is -2.28. The molecule has 0 aliphatic carbocycles. The van der Waals surface area contributed by atoms with Crippen molar-refractivity contribution in [3.63, 3.8) is 0 Å². The molecule has 0 fully saturated rings. The molecule has 5 heteroatoms. The van der Waals surface area contributed by atoms with Crippen LogP contribution in [0, 0.1) is 0 Å². The lowest BCUT2D eigenvalue weighted by Gasteiger charge is -2.41. The van der Waals surface area contributed by atoms with Crippen LogP contribution in [0.5, 0.6) is 0 Å². The van der Waals surface area contributed by atoms with Crippen LogP contribution in [0.25, 0.3) is 6.08 Å². The summed E-state index contributed by atoms with van der Waals surface area (Å²) in [6, 6.07) is 39.9. The van der Waals surface area contributed by atoms with Gasteiger partial charge in [0, 0.05) is 0 Å². The first-order chi connectivity index (χ1) is 21.1. The molecule has 44 heavy (non-hydrogen) atoms. The third-order valence-corrected chi connectivity index (χ3v) is 12.5. The molecule has 0 radical (unpaired) electrons. The topological polar surface area (TPSA) is 44.8 Å². The fraction of sp³-hybridized carbons (Fsp3) is 0.256. The van der Waals surface area contributed by atoms with E-state index in [0.717, 1.165) is 22.3 Å². The molecule has 228 valence electrons. The number of benzene rings is 4. The minimum Gasteiger partial charge on any atom is -0.451 e. The van der Waals surface area contributed by atoms with Crippen molar-refractivity contribution in [3.8, 4) is 0 Å². The molecule has 0 saturated heterocycles. The standard InChI is InChI=1S/C39H44O4Si/c1-39(2,3)44(4,5)43-37(34-26-16-9-17-27-34)36(33-24-14-8-15-25-33)42-38(40)35(28-18-23-31-19-10-6-11-20-31)30-41-29-32-21-12-7-13-22-32/h6-28,36-37H,29-30H2,1-5H3/b23-18+,35-28+/t36-,37-/m0/s1. The number of carbonyl (C=O) groups excluding carboxylic acids is 1. The minimum absolute atomic E-state index is 0.0378. The minimum atomic E-state index is -2.28. The van der Waals surface area contributed by atoms with Gasteiger partial charge in [-0.2, -0.15) is 0 Å². The molecular weight excluding hydrogens is 561 g/mol. The monoisotopic (exact) mass is 604 g/mol. The molecule has 0 saturated carbocycles. The first-order valence-electron chi connectivity index (χ1n) is 15.2. The molecule has 0 N–H and O–H groups in total. The second-order valence-electron chi connectivity index (χ2n) is 12.4. The van der Waals surface area contributed by atoms with Crippen molar-refractivity contribution in [1.29, 1.82) is 0 Å². The van der Waals surface area contributed by atoms with Gasteiger partial charge in [-0.1, -0.05) is 154 Å². The molecule has 4 nitrogen and oxygen atoms in total. The number of carbonyl (C=O) groups is 1. The molecule has 4 aromatic carbocycles. The van der Waals surface area contributed by atoms with Gasteiger partial charge < -0.3 is 13.9 Å². The first-order valence-corrected chi connectivity index (χ1v) is 18.1. The average Bonchev–Trinajstić information content (AvgIpc) is 3.03. The van der Waals surface area contributed by atoms with Crippen molar-refractivity contribution >= 4 is 20.4 Å². The Labute approximate surface area is 264 Å². The first kappa shape index (κ1) is 32.9. The second-order valence-corrected chi connectivity index (χ2v) is 17.1. The highest BCUT2D eigenvalue weighted by Crippen LogP contribution is 2.44. The molecule has 2 atom stereocenters. The van der Waals surface area contributed by atoms with E-state index in [-0.39, 0.29) is 11.6 Å². The number of rotatable bonds is 13. The lowest BCUT2D eigenvalue weighted by molar-refractivity contribution is -0.151. The predicted octanol–water partition coefficient (Wildman–Crippen LogP) is 9.89. The summed E-state index contributed by atoms with van der Waals surface area (Å²) in [6.45, 7) is 11.6. The van der Waals surface area contributed by atoms with Gasteiger partial charge in [-0.3, -0.25) is 0 Å². The van der Waals surface area contributed by atoms with E-state index in [9.17, 15) is 4.79 Å². The van der Waals surface area contributed by atoms with Crippen molar-refractivity contribution < 1.29 is 18.7 Å². The van der Waals surface area contributed by atoms with Crippen LogP contribution < -0.4 is 0 Å². The van der Waals surface area contributed by atoms with E-state index in [1.807, 2.05) is 133 Å². The highest BCUT2D eigenvalue weighted by Gasteiger charge is 2.42. The predicted molar refractivity (Wildman–Crippen MR) is 182 cm³/mol. The van der Waals surface area contributed by atoms with Gasteiger partial charge >= 0.3 is 5.97 Å². The molecule has 4 aromatic rings. The van der Waals surface area contributed by atoms with E-state index in [2.05, 4.69) is 33.9 Å². The van der Waals surface area contributed by atoms with Crippen molar-refractivity contribution in [2.45, 2.75) is 57.7 Å². The van der Waals surface area contributed by atoms with Gasteiger partial charge in [0.05, 0.1) is 18.8 Å². The fourth-order valence-corrected chi connectivity index (χ4v) is 5.70. The van der Waals surface area contributed by atoms with Crippen molar-refractivity contribution in [2.75, 3.05) is 6.61 Å². The van der Waals surface area contributed by atoms with E-state index in [1.54, 1.807) is 6.08 Å². The van der Waals surface area contributed by atoms with Gasteiger partial charge in [-0.15, -0.1) is 0 Å². The molecule has 0 bridgehead atoms. The Morgan fingerprint density at radius 3 is 1.77 bits per heavy atom. The van der Waals surface area contributed by atoms with Crippen LogP contribution in [-0.4, -0.2) is 20.9 Å². The van der Waals surface area contributed by atoms with Crippen LogP contribution >= 0.6 is 0 Å². The SMILES string of the molecule is CC(C)(C)[Si](C)(C)O[C@@H](c1ccccc1)[C@@H](OC(=O)/C(=C/C=C/c1ccccc1)COCc1ccccc1)c1ccccc1. The number of ether oxygens (including phenoxy) is 2. The van der Waals surface area contributed by atoms with Crippen LogP contribution in [0.4, 0.5) is 0 Å². The molecule has 0 unspecified atom stereocenters. The lowest BCUT2D eigenvalue weighted by Crippen LogP contribution is -2.43. The normalized spacial score (nSPS) is 13.9. The maximum atomic E-state index is 14.1. The summed E-state index contributed by atoms with van der Waals surface area (Å²) in [5.41, 5.74) is 4.34. The van der Waals surface area contributed by atoms with E-state index in [0.29, 0.717) is 12.2 Å². The molecule has 0 heterocycles. The summed E-state index contributed by atoms with van der Waals surface area (Å²) in [6.07, 6.45) is 4.46. The molecule has 0 aliphatic heterocycles. The fourth-order valence-electron chi connectivity index (χ4n) is 4.45. The van der Waals surface area contributed by atoms with Gasteiger partial charge in [-0.05, 0) is 46.5 Å². The zero-order valence-corrected chi connectivity index (χ0v) is 27.5. The molecule has 0 aliphatic rings. The second kappa shape index (κ2) is 15.6. The van der Waals surface area contributed by atoms with Gasteiger partial charge in [0.2, 0.25) is 0 Å². The Balaban J connectivity index is 1.68. The summed E-state index contributed by atoms with van der Waals surface area (Å²) in [5, 5.41) is -0.0378. The summed E-state index contributed by atoms with van der Waals surface area (Å²) < 4.78 is 19.6. The third kappa shape index (κ3) is 9.48. The lowest BCUT2D eigenvalue weighted by atomic mass is 9.98. The third-order valence-electron chi connectivity index (χ3n) is 8.01. The summed E-state index contributed by atoms with van der Waals surface area (Å²) in [5.74, 6) is -0.440. The Hall–Kier alpha value is -4.03. The maximum Gasteiger partial charge on any atom is 0.337 e. The number of hydrogen-bond acceptors (Lipinski definition) is 4. The van der Waals surface area contributed by atoms with Crippen LogP contribution in [0.1, 0.15) is 55.2 Å². The van der Waals surface area contributed by atoms with Crippen molar-refractivity contribution in [3.05, 3.63) is 161 Å². The highest BCUT2D eigenvalue weighted by atomic mass is 28.4. The van der Waals surface area contributed by atoms with Crippen LogP contribution in [0.2, 0.25) is 18.1 Å². The maximum absolute atomic E-state index is 14.1. The van der Waals surface area contributed by atoms with Crippen LogP contribution in [-0.2, 0) is 25.3 Å². The zero-order chi connectivity index (χ0) is 31.4. The molecule has 0 amide bonds. The van der Waals surface area contributed by atoms with Gasteiger partial charge in [-0.25, -0.2) is 4.79 Å². The molecular formula is C39H44O4Si. The largest absolute Gasteiger partial charge is 0.451 e. The average molecular weight is 605 g/mol. The zero-order valence-electron chi connectivity index (χ0n) is 26.5. The van der Waals surface area contributed by atoms with E-state index < -0.39 is 26.5 Å². The smallest absolute Gasteiger partial charge is 0.337 e. The van der Waals surface area contributed by atoms with Crippen LogP contribution in [0.3, 0.4) is 0 Å². The number of hydrogen-bond donors (Lipinski definition) is 0. The van der Waals surface area contributed by atoms with Crippen LogP contribution in [0.15, 0.2) is 139 Å². The number of esters is 1. The summed E-state index contributed by atoms with van der Waals surface area (Å²) >= 11 is 0. The number of allylic oxidation sites excluding steroid dienone is 2. The summed E-state index contributed by atoms with van der Waals surface area (Å²) in [4.78, 5) is 14.1. The van der Waals surface area contributed by atoms with E-state index >= 15 is 0 Å². The van der Waals surface area contributed by atoms with Crippen molar-refractivity contribution in [2.24, 2.45) is 0 Å². The Kier molecular flexibility index (Phi) is 11.7. The Morgan fingerprint density at radius 2 is 1.23 bits per heavy atom. The van der Waals surface area contributed by atoms with E-state index in [1.165, 1.54) is 0 Å². The van der Waals surface area contributed by atoms with E-state index in [4.69, 9.17) is 13.9 Å². The highest BCUT2D eigenvalue weighted by molar-refractivity contribution is 6.74. The Morgan fingerprint density at radius 1 is 0.727 bits per heavy atom.